The first-order valence-corrected chi connectivity index (χ1v) is 4.02. The van der Waals surface area contributed by atoms with Crippen LogP contribution >= 0.6 is 0 Å². The van der Waals surface area contributed by atoms with Crippen LogP contribution in [0.3, 0.4) is 0 Å². The molecule has 0 unspecified atom stereocenters. The van der Waals surface area contributed by atoms with Gasteiger partial charge in [0.2, 0.25) is 0 Å². The lowest BCUT2D eigenvalue weighted by molar-refractivity contribution is -0.106. The van der Waals surface area contributed by atoms with Gasteiger partial charge >= 0.3 is 0 Å². The molecule has 1 aromatic carbocycles. The van der Waals surface area contributed by atoms with E-state index in [-0.39, 0.29) is 0 Å². The second-order valence-corrected chi connectivity index (χ2v) is 2.33. The van der Waals surface area contributed by atoms with Gasteiger partial charge in [0.1, 0.15) is 6.29 Å². The summed E-state index contributed by atoms with van der Waals surface area (Å²) in [5.41, 5.74) is 2.11. The number of aldehydes is 1. The summed E-state index contributed by atoms with van der Waals surface area (Å²) >= 11 is 0. The van der Waals surface area contributed by atoms with E-state index in [4.69, 9.17) is 4.79 Å². The van der Waals surface area contributed by atoms with Gasteiger partial charge in [-0.15, -0.1) is 0 Å². The van der Waals surface area contributed by atoms with Gasteiger partial charge in [-0.3, -0.25) is 0 Å². The first-order valence-electron chi connectivity index (χ1n) is 4.02. The third-order valence-electron chi connectivity index (χ3n) is 1.39. The van der Waals surface area contributed by atoms with E-state index >= 15 is 0 Å². The molecule has 0 atom stereocenters. The van der Waals surface area contributed by atoms with Gasteiger partial charge in [-0.25, -0.2) is 0 Å². The van der Waals surface area contributed by atoms with E-state index in [1.807, 2.05) is 30.3 Å². The Balaban J connectivity index is 0.000000424. The van der Waals surface area contributed by atoms with Gasteiger partial charge in [0, 0.05) is 0 Å². The van der Waals surface area contributed by atoms with Crippen LogP contribution in [0.4, 0.5) is 0 Å². The summed E-state index contributed by atoms with van der Waals surface area (Å²) in [6, 6.07) is 10.0. The van der Waals surface area contributed by atoms with Crippen molar-refractivity contribution in [3.8, 4) is 0 Å². The minimum absolute atomic E-state index is 0.750. The zero-order chi connectivity index (χ0) is 10.1. The summed E-state index contributed by atoms with van der Waals surface area (Å²) in [6.07, 6.45) is 2.51. The molecule has 0 aliphatic carbocycles. The predicted octanol–water partition coefficient (Wildman–Crippen LogP) is 3.09. The molecule has 0 saturated carbocycles. The Labute approximate surface area is 79.4 Å². The molecule has 13 heavy (non-hydrogen) atoms. The topological polar surface area (TPSA) is 17.1 Å². The van der Waals surface area contributed by atoms with Gasteiger partial charge in [-0.1, -0.05) is 49.6 Å². The lowest BCUT2D eigenvalue weighted by Gasteiger charge is -1.96. The highest BCUT2D eigenvalue weighted by molar-refractivity contribution is 5.71. The number of benzene rings is 1. The quantitative estimate of drug-likeness (QED) is 0.497. The van der Waals surface area contributed by atoms with E-state index in [0.29, 0.717) is 0 Å². The average Bonchev–Trinajstić information content (AvgIpc) is 2.19. The molecule has 0 bridgehead atoms. The number of hydrogen-bond donors (Lipinski definition) is 0. The number of hydrogen-bond acceptors (Lipinski definition) is 1. The van der Waals surface area contributed by atoms with Gasteiger partial charge in [-0.05, 0) is 18.1 Å². The Morgan fingerprint density at radius 1 is 1.31 bits per heavy atom. The fourth-order valence-corrected chi connectivity index (χ4v) is 0.770. The van der Waals surface area contributed by atoms with Gasteiger partial charge < -0.3 is 4.79 Å². The Morgan fingerprint density at radius 3 is 2.15 bits per heavy atom. The summed E-state index contributed by atoms with van der Waals surface area (Å²) in [6.45, 7) is 8.91. The second-order valence-electron chi connectivity index (χ2n) is 2.33. The molecule has 0 aliphatic heterocycles. The van der Waals surface area contributed by atoms with Crippen molar-refractivity contribution in [2.75, 3.05) is 0 Å². The second kappa shape index (κ2) is 7.04. The summed E-state index contributed by atoms with van der Waals surface area (Å²) in [4.78, 5) is 8.81. The highest BCUT2D eigenvalue weighted by atomic mass is 16.1. The lowest BCUT2D eigenvalue weighted by atomic mass is 10.1. The van der Waals surface area contributed by atoms with Crippen LogP contribution in [0.25, 0.3) is 5.57 Å². The molecule has 1 aromatic rings. The SMILES string of the molecule is C=CC(=C)c1ccccc1.CC=O. The van der Waals surface area contributed by atoms with Crippen LogP contribution in [-0.2, 0) is 4.79 Å². The minimum Gasteiger partial charge on any atom is -0.304 e. The van der Waals surface area contributed by atoms with Gasteiger partial charge in [-0.2, -0.15) is 0 Å². The van der Waals surface area contributed by atoms with Crippen molar-refractivity contribution in [3.63, 3.8) is 0 Å². The monoisotopic (exact) mass is 174 g/mol. The summed E-state index contributed by atoms with van der Waals surface area (Å²) in [5, 5.41) is 0. The van der Waals surface area contributed by atoms with Crippen LogP contribution in [0, 0.1) is 0 Å². The molecule has 0 amide bonds. The average molecular weight is 174 g/mol. The van der Waals surface area contributed by atoms with Crippen LogP contribution in [0.1, 0.15) is 12.5 Å². The predicted molar refractivity (Wildman–Crippen MR) is 57.4 cm³/mol. The molecule has 0 saturated heterocycles. The molecule has 0 radical (unpaired) electrons. The van der Waals surface area contributed by atoms with Crippen LogP contribution in [0.15, 0.2) is 49.6 Å². The first-order chi connectivity index (χ1) is 6.26. The fourth-order valence-electron chi connectivity index (χ4n) is 0.770. The fraction of sp³-hybridized carbons (Fsp3) is 0.0833. The first kappa shape index (κ1) is 11.4. The van der Waals surface area contributed by atoms with E-state index in [1.165, 1.54) is 6.92 Å². The Hall–Kier alpha value is -1.63. The Kier molecular flexibility index (Phi) is 6.16. The molecule has 0 heterocycles. The van der Waals surface area contributed by atoms with Crippen molar-refractivity contribution in [2.45, 2.75) is 6.92 Å². The number of rotatable bonds is 2. The molecule has 1 nitrogen and oxygen atoms in total. The molecule has 68 valence electrons. The third kappa shape index (κ3) is 4.75. The van der Waals surface area contributed by atoms with Crippen LogP contribution in [0.5, 0.6) is 0 Å². The third-order valence-corrected chi connectivity index (χ3v) is 1.39. The summed E-state index contributed by atoms with van der Waals surface area (Å²) in [7, 11) is 0. The highest BCUT2D eigenvalue weighted by Gasteiger charge is 1.88. The number of carbonyl (C=O) groups is 1. The van der Waals surface area contributed by atoms with E-state index in [9.17, 15) is 0 Å². The van der Waals surface area contributed by atoms with Crippen molar-refractivity contribution in [2.24, 2.45) is 0 Å². The molecule has 0 fully saturated rings. The molecule has 1 heteroatoms. The maximum atomic E-state index is 8.81. The normalized spacial score (nSPS) is 7.77. The van der Waals surface area contributed by atoms with Crippen molar-refractivity contribution < 1.29 is 4.79 Å². The van der Waals surface area contributed by atoms with Crippen LogP contribution in [-0.4, -0.2) is 6.29 Å². The molecule has 1 rings (SSSR count). The largest absolute Gasteiger partial charge is 0.304 e. The van der Waals surface area contributed by atoms with E-state index < -0.39 is 0 Å². The van der Waals surface area contributed by atoms with Gasteiger partial charge in [0.05, 0.1) is 0 Å². The van der Waals surface area contributed by atoms with Gasteiger partial charge in [0.15, 0.2) is 0 Å². The van der Waals surface area contributed by atoms with Crippen LogP contribution in [0.2, 0.25) is 0 Å². The maximum Gasteiger partial charge on any atom is 0.116 e. The minimum atomic E-state index is 0.750. The maximum absolute atomic E-state index is 8.81. The molecule has 0 N–H and O–H groups in total. The van der Waals surface area contributed by atoms with Crippen molar-refractivity contribution in [1.29, 1.82) is 0 Å². The molecule has 0 spiro atoms. The zero-order valence-electron chi connectivity index (χ0n) is 7.86. The molecule has 0 aliphatic rings. The Morgan fingerprint density at radius 2 is 1.77 bits per heavy atom. The van der Waals surface area contributed by atoms with E-state index in [1.54, 1.807) is 6.08 Å². The number of carbonyl (C=O) groups excluding carboxylic acids is 1. The zero-order valence-corrected chi connectivity index (χ0v) is 7.86. The lowest BCUT2D eigenvalue weighted by Crippen LogP contribution is -1.74. The Bertz CT molecular complexity index is 272. The van der Waals surface area contributed by atoms with Crippen molar-refractivity contribution in [3.05, 3.63) is 55.1 Å². The molecular weight excluding hydrogens is 160 g/mol. The van der Waals surface area contributed by atoms with E-state index in [0.717, 1.165) is 17.4 Å². The standard InChI is InChI=1S/C10H10.C2H4O/c1-3-9(2)10-7-5-4-6-8-10;1-2-3/h3-8H,1-2H2;2H,1H3. The summed E-state index contributed by atoms with van der Waals surface area (Å²) in [5.74, 6) is 0. The molecule has 0 aromatic heterocycles. The van der Waals surface area contributed by atoms with Crippen LogP contribution < -0.4 is 0 Å². The van der Waals surface area contributed by atoms with Crippen molar-refractivity contribution >= 4 is 11.9 Å². The van der Waals surface area contributed by atoms with Crippen molar-refractivity contribution in [1.82, 2.24) is 0 Å². The number of allylic oxidation sites excluding steroid dienone is 2. The van der Waals surface area contributed by atoms with Gasteiger partial charge in [0.25, 0.3) is 0 Å². The smallest absolute Gasteiger partial charge is 0.116 e. The molecular formula is C12H14O. The highest BCUT2D eigenvalue weighted by Crippen LogP contribution is 2.10. The van der Waals surface area contributed by atoms with E-state index in [2.05, 4.69) is 13.2 Å². The summed E-state index contributed by atoms with van der Waals surface area (Å²) < 4.78 is 0.